The van der Waals surface area contributed by atoms with Crippen LogP contribution in [0.5, 0.6) is 11.5 Å². The van der Waals surface area contributed by atoms with Crippen LogP contribution in [0.2, 0.25) is 0 Å². The standard InChI is InChI=1S/C17H13NO6/c1-22-14-6-3-10(8-16(14)23-2)7-15-12-5-4-11(18(20)21)9-13(12)17(19)24-15/h3-9H,1-2H3/b15-7+. The SMILES string of the molecule is COc1ccc(/C=C2/OC(=O)c3cc([N+](=O)[O-])ccc32)cc1OC. The fraction of sp³-hybridized carbons (Fsp3) is 0.118. The van der Waals surface area contributed by atoms with Gasteiger partial charge in [-0.05, 0) is 29.8 Å². The molecule has 2 aromatic carbocycles. The van der Waals surface area contributed by atoms with Crippen LogP contribution >= 0.6 is 0 Å². The number of cyclic esters (lactones) is 1. The summed E-state index contributed by atoms with van der Waals surface area (Å²) >= 11 is 0. The van der Waals surface area contributed by atoms with E-state index in [0.29, 0.717) is 22.8 Å². The van der Waals surface area contributed by atoms with Gasteiger partial charge >= 0.3 is 5.97 Å². The summed E-state index contributed by atoms with van der Waals surface area (Å²) in [6.45, 7) is 0. The number of hydrogen-bond acceptors (Lipinski definition) is 6. The fourth-order valence-electron chi connectivity index (χ4n) is 2.44. The summed E-state index contributed by atoms with van der Waals surface area (Å²) in [6.07, 6.45) is 1.66. The molecule has 0 N–H and O–H groups in total. The number of carbonyl (C=O) groups is 1. The average Bonchev–Trinajstić information content (AvgIpc) is 2.90. The highest BCUT2D eigenvalue weighted by atomic mass is 16.6. The van der Waals surface area contributed by atoms with E-state index >= 15 is 0 Å². The minimum Gasteiger partial charge on any atom is -0.493 e. The Bertz CT molecular complexity index is 871. The molecule has 0 saturated heterocycles. The molecule has 0 unspecified atom stereocenters. The van der Waals surface area contributed by atoms with Crippen LogP contribution in [0.4, 0.5) is 5.69 Å². The lowest BCUT2D eigenvalue weighted by atomic mass is 10.1. The highest BCUT2D eigenvalue weighted by molar-refractivity contribution is 6.06. The molecule has 0 saturated carbocycles. The molecule has 1 aliphatic heterocycles. The molecule has 0 spiro atoms. The fourth-order valence-corrected chi connectivity index (χ4v) is 2.44. The zero-order valence-corrected chi connectivity index (χ0v) is 12.9. The molecule has 0 amide bonds. The number of non-ortho nitro benzene ring substituents is 1. The van der Waals surface area contributed by atoms with Gasteiger partial charge in [-0.2, -0.15) is 0 Å². The van der Waals surface area contributed by atoms with Crippen LogP contribution in [0.15, 0.2) is 36.4 Å². The monoisotopic (exact) mass is 327 g/mol. The summed E-state index contributed by atoms with van der Waals surface area (Å²) in [7, 11) is 3.07. The van der Waals surface area contributed by atoms with Crippen LogP contribution in [-0.2, 0) is 4.74 Å². The molecular weight excluding hydrogens is 314 g/mol. The van der Waals surface area contributed by atoms with E-state index in [1.807, 2.05) is 0 Å². The van der Waals surface area contributed by atoms with Gasteiger partial charge in [0.1, 0.15) is 5.76 Å². The Morgan fingerprint density at radius 3 is 2.46 bits per heavy atom. The van der Waals surface area contributed by atoms with Crippen LogP contribution in [0, 0.1) is 10.1 Å². The number of methoxy groups -OCH3 is 2. The zero-order chi connectivity index (χ0) is 17.3. The number of hydrogen-bond donors (Lipinski definition) is 0. The molecule has 0 fully saturated rings. The quantitative estimate of drug-likeness (QED) is 0.486. The molecule has 0 atom stereocenters. The van der Waals surface area contributed by atoms with Crippen molar-refractivity contribution in [2.24, 2.45) is 0 Å². The Balaban J connectivity index is 2.02. The Hall–Kier alpha value is -3.35. The molecule has 0 aliphatic carbocycles. The van der Waals surface area contributed by atoms with Gasteiger partial charge in [0, 0.05) is 17.7 Å². The van der Waals surface area contributed by atoms with Crippen molar-refractivity contribution in [3.8, 4) is 11.5 Å². The topological polar surface area (TPSA) is 87.9 Å². The van der Waals surface area contributed by atoms with E-state index in [1.54, 1.807) is 24.3 Å². The molecule has 7 nitrogen and oxygen atoms in total. The molecule has 0 bridgehead atoms. The molecular formula is C17H13NO6. The number of fused-ring (bicyclic) bond motifs is 1. The largest absolute Gasteiger partial charge is 0.493 e. The van der Waals surface area contributed by atoms with E-state index in [9.17, 15) is 14.9 Å². The Kier molecular flexibility index (Phi) is 3.91. The van der Waals surface area contributed by atoms with Gasteiger partial charge in [0.05, 0.1) is 24.7 Å². The van der Waals surface area contributed by atoms with Crippen molar-refractivity contribution >= 4 is 23.5 Å². The highest BCUT2D eigenvalue weighted by Gasteiger charge is 2.28. The van der Waals surface area contributed by atoms with E-state index in [4.69, 9.17) is 14.2 Å². The summed E-state index contributed by atoms with van der Waals surface area (Å²) in [5, 5.41) is 10.8. The maximum absolute atomic E-state index is 11.9. The Morgan fingerprint density at radius 2 is 1.79 bits per heavy atom. The van der Waals surface area contributed by atoms with E-state index in [2.05, 4.69) is 0 Å². The lowest BCUT2D eigenvalue weighted by molar-refractivity contribution is -0.384. The van der Waals surface area contributed by atoms with Gasteiger partial charge in [0.25, 0.3) is 5.69 Å². The summed E-state index contributed by atoms with van der Waals surface area (Å²) in [6, 6.07) is 9.31. The molecule has 24 heavy (non-hydrogen) atoms. The lowest BCUT2D eigenvalue weighted by Crippen LogP contribution is -1.95. The van der Waals surface area contributed by atoms with Gasteiger partial charge in [-0.3, -0.25) is 10.1 Å². The van der Waals surface area contributed by atoms with Crippen LogP contribution < -0.4 is 9.47 Å². The molecule has 2 aromatic rings. The second-order valence-electron chi connectivity index (χ2n) is 5.00. The van der Waals surface area contributed by atoms with Crippen molar-refractivity contribution in [2.75, 3.05) is 14.2 Å². The first-order valence-electron chi connectivity index (χ1n) is 6.98. The highest BCUT2D eigenvalue weighted by Crippen LogP contribution is 2.35. The third kappa shape index (κ3) is 2.67. The molecule has 3 rings (SSSR count). The first-order valence-corrected chi connectivity index (χ1v) is 6.98. The number of carbonyl (C=O) groups excluding carboxylic acids is 1. The third-order valence-corrected chi connectivity index (χ3v) is 3.61. The lowest BCUT2D eigenvalue weighted by Gasteiger charge is -2.08. The molecule has 1 aliphatic rings. The number of nitrogens with zero attached hydrogens (tertiary/aromatic N) is 1. The minimum absolute atomic E-state index is 0.155. The summed E-state index contributed by atoms with van der Waals surface area (Å²) in [5.74, 6) is 0.844. The van der Waals surface area contributed by atoms with Crippen molar-refractivity contribution in [2.45, 2.75) is 0 Å². The van der Waals surface area contributed by atoms with E-state index in [1.165, 1.54) is 32.4 Å². The van der Waals surface area contributed by atoms with Crippen molar-refractivity contribution < 1.29 is 23.9 Å². The molecule has 0 aromatic heterocycles. The summed E-state index contributed by atoms with van der Waals surface area (Å²) in [5.41, 5.74) is 1.27. The number of rotatable bonds is 4. The van der Waals surface area contributed by atoms with E-state index in [0.717, 1.165) is 5.56 Å². The average molecular weight is 327 g/mol. The number of esters is 1. The van der Waals surface area contributed by atoms with Crippen molar-refractivity contribution in [1.82, 2.24) is 0 Å². The van der Waals surface area contributed by atoms with Crippen LogP contribution in [0.1, 0.15) is 21.5 Å². The second-order valence-corrected chi connectivity index (χ2v) is 5.00. The van der Waals surface area contributed by atoms with Gasteiger partial charge in [-0.1, -0.05) is 6.07 Å². The number of nitro benzene ring substituents is 1. The number of ether oxygens (including phenoxy) is 3. The summed E-state index contributed by atoms with van der Waals surface area (Å²) in [4.78, 5) is 22.2. The molecule has 7 heteroatoms. The Morgan fingerprint density at radius 1 is 1.04 bits per heavy atom. The summed E-state index contributed by atoms with van der Waals surface area (Å²) < 4.78 is 15.6. The molecule has 122 valence electrons. The van der Waals surface area contributed by atoms with Gasteiger partial charge in [-0.25, -0.2) is 4.79 Å². The predicted octanol–water partition coefficient (Wildman–Crippen LogP) is 3.28. The smallest absolute Gasteiger partial charge is 0.344 e. The predicted molar refractivity (Wildman–Crippen MR) is 85.9 cm³/mol. The first-order chi connectivity index (χ1) is 11.5. The second kappa shape index (κ2) is 6.04. The van der Waals surface area contributed by atoms with Crippen LogP contribution in [-0.4, -0.2) is 25.1 Å². The zero-order valence-electron chi connectivity index (χ0n) is 12.9. The normalized spacial score (nSPS) is 14.2. The molecule has 1 heterocycles. The number of nitro groups is 1. The van der Waals surface area contributed by atoms with Gasteiger partial charge in [0.15, 0.2) is 11.5 Å². The van der Waals surface area contributed by atoms with Crippen molar-refractivity contribution in [1.29, 1.82) is 0 Å². The van der Waals surface area contributed by atoms with E-state index in [-0.39, 0.29) is 11.3 Å². The van der Waals surface area contributed by atoms with Crippen molar-refractivity contribution in [3.63, 3.8) is 0 Å². The number of benzene rings is 2. The Labute approximate surface area is 137 Å². The van der Waals surface area contributed by atoms with E-state index < -0.39 is 10.9 Å². The molecule has 0 radical (unpaired) electrons. The van der Waals surface area contributed by atoms with Gasteiger partial charge in [0.2, 0.25) is 0 Å². The van der Waals surface area contributed by atoms with Gasteiger partial charge in [-0.15, -0.1) is 0 Å². The third-order valence-electron chi connectivity index (χ3n) is 3.61. The first kappa shape index (κ1) is 15.5. The van der Waals surface area contributed by atoms with Crippen molar-refractivity contribution in [3.05, 3.63) is 63.2 Å². The minimum atomic E-state index is -0.611. The van der Waals surface area contributed by atoms with Crippen LogP contribution in [0.3, 0.4) is 0 Å². The van der Waals surface area contributed by atoms with Crippen LogP contribution in [0.25, 0.3) is 11.8 Å². The van der Waals surface area contributed by atoms with Gasteiger partial charge < -0.3 is 14.2 Å². The maximum atomic E-state index is 11.9. The maximum Gasteiger partial charge on any atom is 0.344 e.